The van der Waals surface area contributed by atoms with Crippen molar-refractivity contribution in [3.05, 3.63) is 29.6 Å². The molecule has 1 rings (SSSR count). The van der Waals surface area contributed by atoms with Crippen LogP contribution in [0.1, 0.15) is 25.1 Å². The molecule has 0 saturated carbocycles. The molecule has 5 nitrogen and oxygen atoms in total. The summed E-state index contributed by atoms with van der Waals surface area (Å²) in [5.74, 6) is 0.654. The van der Waals surface area contributed by atoms with E-state index < -0.39 is 0 Å². The number of nitrogens with two attached hydrogens (primary N) is 1. The lowest BCUT2D eigenvalue weighted by Gasteiger charge is -2.26. The maximum Gasteiger partial charge on any atom is 0.141 e. The number of amidine groups is 1. The molecule has 112 valence electrons. The smallest absolute Gasteiger partial charge is 0.141 e. The lowest BCUT2D eigenvalue weighted by atomic mass is 10.1. The Balaban J connectivity index is 2.72. The van der Waals surface area contributed by atoms with Crippen LogP contribution in [0.2, 0.25) is 0 Å². The first-order chi connectivity index (χ1) is 9.38. The van der Waals surface area contributed by atoms with Crippen molar-refractivity contribution in [1.29, 1.82) is 5.41 Å². The highest BCUT2D eigenvalue weighted by Gasteiger charge is 2.10. The van der Waals surface area contributed by atoms with Crippen LogP contribution in [0.4, 0.5) is 0 Å². The molecule has 0 unspecified atom stereocenters. The fraction of sp³-hybridized carbons (Fsp3) is 0.600. The molecule has 0 saturated heterocycles. The molecule has 3 N–H and O–H groups in total. The summed E-state index contributed by atoms with van der Waals surface area (Å²) in [5, 5.41) is 7.46. The van der Waals surface area contributed by atoms with Gasteiger partial charge in [-0.25, -0.2) is 0 Å². The van der Waals surface area contributed by atoms with E-state index in [4.69, 9.17) is 11.1 Å². The maximum atomic E-state index is 7.46. The molecule has 0 aromatic carbocycles. The third-order valence-electron chi connectivity index (χ3n) is 2.99. The van der Waals surface area contributed by atoms with Gasteiger partial charge in [-0.2, -0.15) is 0 Å². The van der Waals surface area contributed by atoms with Gasteiger partial charge in [-0.15, -0.1) is 0 Å². The Kier molecular flexibility index (Phi) is 6.61. The summed E-state index contributed by atoms with van der Waals surface area (Å²) in [5.41, 5.74) is 7.21. The number of nitrogens with zero attached hydrogens (tertiary/aromatic N) is 3. The van der Waals surface area contributed by atoms with E-state index in [2.05, 4.69) is 42.7 Å². The van der Waals surface area contributed by atoms with Crippen molar-refractivity contribution in [1.82, 2.24) is 14.8 Å². The topological polar surface area (TPSA) is 69.2 Å². The molecule has 0 aliphatic rings. The second-order valence-corrected chi connectivity index (χ2v) is 5.90. The molecular weight excluding hydrogens is 250 g/mol. The first-order valence-corrected chi connectivity index (χ1v) is 7.05. The minimum absolute atomic E-state index is 0.0237. The van der Waals surface area contributed by atoms with Crippen molar-refractivity contribution >= 4 is 5.84 Å². The van der Waals surface area contributed by atoms with Gasteiger partial charge in [-0.05, 0) is 37.7 Å². The number of nitrogens with one attached hydrogen (secondary N) is 1. The molecule has 1 aromatic rings. The van der Waals surface area contributed by atoms with Gasteiger partial charge < -0.3 is 10.6 Å². The van der Waals surface area contributed by atoms with Crippen LogP contribution in [0, 0.1) is 11.3 Å². The van der Waals surface area contributed by atoms with Crippen molar-refractivity contribution in [2.45, 2.75) is 20.4 Å². The minimum atomic E-state index is 0.0237. The van der Waals surface area contributed by atoms with E-state index in [1.54, 1.807) is 6.20 Å². The number of hydrogen-bond donors (Lipinski definition) is 2. The lowest BCUT2D eigenvalue weighted by molar-refractivity contribution is 0.211. The van der Waals surface area contributed by atoms with Crippen LogP contribution in [0.15, 0.2) is 18.3 Å². The number of likely N-dealkylation sites (N-methyl/N-ethyl adjacent to an activating group) is 1. The normalized spacial score (nSPS) is 11.6. The number of pyridine rings is 1. The highest BCUT2D eigenvalue weighted by Crippen LogP contribution is 2.08. The Morgan fingerprint density at radius 3 is 2.60 bits per heavy atom. The van der Waals surface area contributed by atoms with E-state index >= 15 is 0 Å². The van der Waals surface area contributed by atoms with Gasteiger partial charge >= 0.3 is 0 Å². The zero-order valence-corrected chi connectivity index (χ0v) is 13.1. The SMILES string of the molecule is CC(C)CN(CCN(C)C)Cc1ccnc(C(=N)N)c1. The molecule has 0 fully saturated rings. The van der Waals surface area contributed by atoms with Gasteiger partial charge in [0.2, 0.25) is 0 Å². The fourth-order valence-corrected chi connectivity index (χ4v) is 2.07. The molecule has 0 amide bonds. The number of aromatic nitrogens is 1. The zero-order chi connectivity index (χ0) is 15.1. The molecule has 0 spiro atoms. The van der Waals surface area contributed by atoms with Gasteiger partial charge in [0, 0.05) is 32.4 Å². The van der Waals surface area contributed by atoms with Gasteiger partial charge in [0.1, 0.15) is 11.5 Å². The number of rotatable bonds is 8. The van der Waals surface area contributed by atoms with Crippen LogP contribution in [-0.2, 0) is 6.54 Å². The first-order valence-electron chi connectivity index (χ1n) is 7.05. The summed E-state index contributed by atoms with van der Waals surface area (Å²) < 4.78 is 0. The van der Waals surface area contributed by atoms with Crippen molar-refractivity contribution in [2.75, 3.05) is 33.7 Å². The summed E-state index contributed by atoms with van der Waals surface area (Å²) >= 11 is 0. The van der Waals surface area contributed by atoms with Gasteiger partial charge in [0.05, 0.1) is 0 Å². The van der Waals surface area contributed by atoms with Gasteiger partial charge in [0.25, 0.3) is 0 Å². The Morgan fingerprint density at radius 1 is 1.35 bits per heavy atom. The molecule has 5 heteroatoms. The maximum absolute atomic E-state index is 7.46. The van der Waals surface area contributed by atoms with Crippen molar-refractivity contribution < 1.29 is 0 Å². The Hall–Kier alpha value is -1.46. The van der Waals surface area contributed by atoms with E-state index in [1.807, 2.05) is 12.1 Å². The first kappa shape index (κ1) is 16.6. The monoisotopic (exact) mass is 277 g/mol. The highest BCUT2D eigenvalue weighted by molar-refractivity contribution is 5.93. The molecule has 0 atom stereocenters. The third-order valence-corrected chi connectivity index (χ3v) is 2.99. The largest absolute Gasteiger partial charge is 0.382 e. The predicted octanol–water partition coefficient (Wildman–Crippen LogP) is 1.39. The Bertz CT molecular complexity index is 428. The summed E-state index contributed by atoms with van der Waals surface area (Å²) in [4.78, 5) is 8.73. The van der Waals surface area contributed by atoms with Gasteiger partial charge in [-0.1, -0.05) is 13.8 Å². The standard InChI is InChI=1S/C15H27N5/c1-12(2)10-20(8-7-19(3)4)11-13-5-6-18-14(9-13)15(16)17/h5-6,9,12H,7-8,10-11H2,1-4H3,(H3,16,17). The molecule has 20 heavy (non-hydrogen) atoms. The van der Waals surface area contributed by atoms with E-state index in [0.717, 1.165) is 31.7 Å². The van der Waals surface area contributed by atoms with Crippen molar-refractivity contribution in [3.63, 3.8) is 0 Å². The zero-order valence-electron chi connectivity index (χ0n) is 13.1. The molecular formula is C15H27N5. The van der Waals surface area contributed by atoms with Gasteiger partial charge in [-0.3, -0.25) is 15.3 Å². The average molecular weight is 277 g/mol. The molecule has 0 radical (unpaired) electrons. The van der Waals surface area contributed by atoms with E-state index in [9.17, 15) is 0 Å². The minimum Gasteiger partial charge on any atom is -0.382 e. The van der Waals surface area contributed by atoms with E-state index in [-0.39, 0.29) is 5.84 Å². The summed E-state index contributed by atoms with van der Waals surface area (Å²) in [6.45, 7) is 8.47. The average Bonchev–Trinajstić information content (AvgIpc) is 2.35. The molecule has 0 aliphatic heterocycles. The fourth-order valence-electron chi connectivity index (χ4n) is 2.07. The summed E-state index contributed by atoms with van der Waals surface area (Å²) in [7, 11) is 4.18. The summed E-state index contributed by atoms with van der Waals surface area (Å²) in [6, 6.07) is 3.90. The number of hydrogen-bond acceptors (Lipinski definition) is 4. The second-order valence-electron chi connectivity index (χ2n) is 5.90. The van der Waals surface area contributed by atoms with Crippen LogP contribution in [0.25, 0.3) is 0 Å². The second kappa shape index (κ2) is 7.97. The molecule has 1 aromatic heterocycles. The molecule has 1 heterocycles. The summed E-state index contributed by atoms with van der Waals surface area (Å²) in [6.07, 6.45) is 1.73. The van der Waals surface area contributed by atoms with Gasteiger partial charge in [0.15, 0.2) is 0 Å². The molecule has 0 aliphatic carbocycles. The molecule has 0 bridgehead atoms. The number of nitrogen functional groups attached to an aromatic ring is 1. The lowest BCUT2D eigenvalue weighted by Crippen LogP contribution is -2.34. The van der Waals surface area contributed by atoms with Crippen LogP contribution in [0.5, 0.6) is 0 Å². The Morgan fingerprint density at radius 2 is 2.05 bits per heavy atom. The predicted molar refractivity (Wildman–Crippen MR) is 83.9 cm³/mol. The third kappa shape index (κ3) is 6.12. The highest BCUT2D eigenvalue weighted by atomic mass is 15.2. The van der Waals surface area contributed by atoms with E-state index in [1.165, 1.54) is 0 Å². The van der Waals surface area contributed by atoms with Crippen molar-refractivity contribution in [3.8, 4) is 0 Å². The Labute approximate surface area is 122 Å². The quantitative estimate of drug-likeness (QED) is 0.556. The van der Waals surface area contributed by atoms with E-state index in [0.29, 0.717) is 11.6 Å². The van der Waals surface area contributed by atoms with Crippen LogP contribution < -0.4 is 5.73 Å². The van der Waals surface area contributed by atoms with Crippen LogP contribution in [-0.4, -0.2) is 54.3 Å². The van der Waals surface area contributed by atoms with Crippen LogP contribution >= 0.6 is 0 Å². The van der Waals surface area contributed by atoms with Crippen LogP contribution in [0.3, 0.4) is 0 Å². The van der Waals surface area contributed by atoms with Crippen molar-refractivity contribution in [2.24, 2.45) is 11.7 Å².